The van der Waals surface area contributed by atoms with E-state index < -0.39 is 0 Å². The molecule has 0 bridgehead atoms. The van der Waals surface area contributed by atoms with E-state index in [1.165, 1.54) is 0 Å². The van der Waals surface area contributed by atoms with Crippen LogP contribution in [0.1, 0.15) is 30.9 Å². The Morgan fingerprint density at radius 1 is 1.03 bits per heavy atom. The van der Waals surface area contributed by atoms with Crippen molar-refractivity contribution in [3.8, 4) is 17.0 Å². The Labute approximate surface area is 168 Å². The Morgan fingerprint density at radius 2 is 1.93 bits per heavy atom. The minimum atomic E-state index is 0.235. The number of hydrogen-bond acceptors (Lipinski definition) is 5. The van der Waals surface area contributed by atoms with Gasteiger partial charge in [0.2, 0.25) is 5.95 Å². The topological polar surface area (TPSA) is 77.8 Å². The number of hydrogen-bond donors (Lipinski definition) is 1. The highest BCUT2D eigenvalue weighted by atomic mass is 16.5. The molecular weight excluding hydrogens is 362 g/mol. The first-order valence-corrected chi connectivity index (χ1v) is 9.81. The van der Waals surface area contributed by atoms with Crippen LogP contribution in [0.2, 0.25) is 0 Å². The number of ether oxygens (including phenoxy) is 1. The van der Waals surface area contributed by atoms with Crippen LogP contribution < -0.4 is 10.5 Å². The van der Waals surface area contributed by atoms with Crippen molar-refractivity contribution in [1.82, 2.24) is 14.6 Å². The molecule has 0 aliphatic carbocycles. The minimum absolute atomic E-state index is 0.235. The zero-order chi connectivity index (χ0) is 19.8. The van der Waals surface area contributed by atoms with E-state index in [4.69, 9.17) is 15.5 Å². The summed E-state index contributed by atoms with van der Waals surface area (Å²) >= 11 is 0. The first-order chi connectivity index (χ1) is 14.2. The fourth-order valence-electron chi connectivity index (χ4n) is 3.66. The van der Waals surface area contributed by atoms with Crippen LogP contribution in [0.3, 0.4) is 0 Å². The second-order valence-electron chi connectivity index (χ2n) is 7.05. The van der Waals surface area contributed by atoms with Gasteiger partial charge in [-0.15, -0.1) is 5.10 Å². The second kappa shape index (κ2) is 7.05. The smallest absolute Gasteiger partial charge is 0.238 e. The van der Waals surface area contributed by atoms with Crippen molar-refractivity contribution in [3.05, 3.63) is 71.9 Å². The fraction of sp³-hybridized carbons (Fsp3) is 0.174. The molecule has 2 aromatic carbocycles. The van der Waals surface area contributed by atoms with Crippen molar-refractivity contribution in [2.45, 2.75) is 19.8 Å². The molecule has 0 amide bonds. The molecule has 6 heteroatoms. The van der Waals surface area contributed by atoms with E-state index in [0.717, 1.165) is 57.9 Å². The number of unbranched alkanes of at least 4 members (excludes halogenated alkanes) is 1. The Bertz CT molecular complexity index is 1240. The van der Waals surface area contributed by atoms with Crippen molar-refractivity contribution < 1.29 is 4.74 Å². The molecule has 2 N–H and O–H groups in total. The standard InChI is InChI=1S/C23H21N5O/c1-2-3-13-29-16-8-6-7-15(14-16)20-18-11-12-28-22(18)21(26-23(24)27-28)17-9-4-5-10-19(17)25-20/h4-12,14H,2-3,13H2,1H3,(H2,24,27). The summed E-state index contributed by atoms with van der Waals surface area (Å²) in [7, 11) is 0. The molecule has 6 nitrogen and oxygen atoms in total. The molecule has 2 aromatic heterocycles. The van der Waals surface area contributed by atoms with Gasteiger partial charge >= 0.3 is 0 Å². The minimum Gasteiger partial charge on any atom is -0.494 e. The predicted molar refractivity (Wildman–Crippen MR) is 115 cm³/mol. The number of fused-ring (bicyclic) bond motifs is 2. The van der Waals surface area contributed by atoms with Crippen LogP contribution in [-0.2, 0) is 0 Å². The first-order valence-electron chi connectivity index (χ1n) is 9.81. The number of aromatic nitrogens is 3. The van der Waals surface area contributed by atoms with Gasteiger partial charge in [0.05, 0.1) is 18.0 Å². The summed E-state index contributed by atoms with van der Waals surface area (Å²) in [6, 6.07) is 18.1. The molecule has 4 aromatic rings. The summed E-state index contributed by atoms with van der Waals surface area (Å²) in [6.07, 6.45) is 4.04. The number of benzene rings is 2. The van der Waals surface area contributed by atoms with Crippen molar-refractivity contribution >= 4 is 22.9 Å². The molecule has 3 heterocycles. The van der Waals surface area contributed by atoms with Crippen LogP contribution >= 0.6 is 0 Å². The Kier molecular flexibility index (Phi) is 4.24. The lowest BCUT2D eigenvalue weighted by Crippen LogP contribution is -2.06. The lowest BCUT2D eigenvalue weighted by Gasteiger charge is -2.09. The number of aliphatic imine (C=N–C) groups is 1. The number of nitrogen functional groups attached to an aromatic ring is 1. The monoisotopic (exact) mass is 383 g/mol. The van der Waals surface area contributed by atoms with E-state index in [9.17, 15) is 0 Å². The lowest BCUT2D eigenvalue weighted by molar-refractivity contribution is 0.309. The third-order valence-corrected chi connectivity index (χ3v) is 5.05. The SMILES string of the molecule is CCCCOc1cccc(C2=Nc3ccccc3-c3nc(N)nn4ccc2c34)c1. The molecule has 1 aliphatic rings. The van der Waals surface area contributed by atoms with Gasteiger partial charge in [-0.1, -0.05) is 43.7 Å². The van der Waals surface area contributed by atoms with Gasteiger partial charge in [-0.25, -0.2) is 14.5 Å². The van der Waals surface area contributed by atoms with Crippen LogP contribution in [0.4, 0.5) is 11.6 Å². The van der Waals surface area contributed by atoms with Gasteiger partial charge in [0.15, 0.2) is 0 Å². The predicted octanol–water partition coefficient (Wildman–Crippen LogP) is 4.64. The van der Waals surface area contributed by atoms with E-state index in [0.29, 0.717) is 6.61 Å². The average molecular weight is 383 g/mol. The molecule has 0 radical (unpaired) electrons. The molecule has 0 unspecified atom stereocenters. The van der Waals surface area contributed by atoms with Crippen LogP contribution in [0.25, 0.3) is 16.8 Å². The molecular formula is C23H21N5O. The van der Waals surface area contributed by atoms with Crippen molar-refractivity contribution in [1.29, 1.82) is 0 Å². The van der Waals surface area contributed by atoms with Gasteiger partial charge in [0.25, 0.3) is 0 Å². The molecule has 0 fully saturated rings. The van der Waals surface area contributed by atoms with Crippen LogP contribution in [0, 0.1) is 0 Å². The van der Waals surface area contributed by atoms with E-state index in [1.807, 2.05) is 54.7 Å². The van der Waals surface area contributed by atoms with E-state index in [1.54, 1.807) is 4.52 Å². The summed E-state index contributed by atoms with van der Waals surface area (Å²) in [5.74, 6) is 1.08. The maximum absolute atomic E-state index is 5.97. The van der Waals surface area contributed by atoms with Crippen molar-refractivity contribution in [3.63, 3.8) is 0 Å². The summed E-state index contributed by atoms with van der Waals surface area (Å²) in [6.45, 7) is 2.86. The van der Waals surface area contributed by atoms with Crippen molar-refractivity contribution in [2.75, 3.05) is 12.3 Å². The highest BCUT2D eigenvalue weighted by Crippen LogP contribution is 2.38. The Balaban J connectivity index is 1.71. The first kappa shape index (κ1) is 17.4. The largest absolute Gasteiger partial charge is 0.494 e. The van der Waals surface area contributed by atoms with E-state index in [2.05, 4.69) is 23.1 Å². The number of anilines is 1. The quantitative estimate of drug-likeness (QED) is 0.449. The Hall–Kier alpha value is -3.67. The third-order valence-electron chi connectivity index (χ3n) is 5.05. The molecule has 0 spiro atoms. The summed E-state index contributed by atoms with van der Waals surface area (Å²) in [4.78, 5) is 9.58. The molecule has 1 aliphatic heterocycles. The van der Waals surface area contributed by atoms with Crippen LogP contribution in [0.15, 0.2) is 65.8 Å². The van der Waals surface area contributed by atoms with Gasteiger partial charge in [0.1, 0.15) is 17.0 Å². The van der Waals surface area contributed by atoms with Gasteiger partial charge in [0, 0.05) is 22.9 Å². The van der Waals surface area contributed by atoms with Crippen LogP contribution in [-0.4, -0.2) is 26.9 Å². The maximum Gasteiger partial charge on any atom is 0.238 e. The molecule has 0 saturated heterocycles. The molecule has 5 rings (SSSR count). The average Bonchev–Trinajstić information content (AvgIpc) is 3.09. The normalized spacial score (nSPS) is 12.4. The van der Waals surface area contributed by atoms with Gasteiger partial charge < -0.3 is 10.5 Å². The number of rotatable bonds is 5. The van der Waals surface area contributed by atoms with Crippen LogP contribution in [0.5, 0.6) is 5.75 Å². The number of nitrogens with two attached hydrogens (primary N) is 1. The molecule has 144 valence electrons. The zero-order valence-corrected chi connectivity index (χ0v) is 16.2. The highest BCUT2D eigenvalue weighted by Gasteiger charge is 2.23. The maximum atomic E-state index is 5.97. The summed E-state index contributed by atoms with van der Waals surface area (Å²) < 4.78 is 7.70. The number of nitrogens with zero attached hydrogens (tertiary/aromatic N) is 4. The summed E-state index contributed by atoms with van der Waals surface area (Å²) in [5.41, 5.74) is 12.3. The third kappa shape index (κ3) is 3.02. The number of para-hydroxylation sites is 1. The van der Waals surface area contributed by atoms with Gasteiger partial charge in [-0.2, -0.15) is 0 Å². The van der Waals surface area contributed by atoms with Crippen molar-refractivity contribution in [2.24, 2.45) is 4.99 Å². The fourth-order valence-corrected chi connectivity index (χ4v) is 3.66. The summed E-state index contributed by atoms with van der Waals surface area (Å²) in [5, 5.41) is 4.35. The molecule has 29 heavy (non-hydrogen) atoms. The van der Waals surface area contributed by atoms with E-state index in [-0.39, 0.29) is 5.95 Å². The Morgan fingerprint density at radius 3 is 2.83 bits per heavy atom. The zero-order valence-electron chi connectivity index (χ0n) is 16.2. The lowest BCUT2D eigenvalue weighted by atomic mass is 10.0. The van der Waals surface area contributed by atoms with E-state index >= 15 is 0 Å². The van der Waals surface area contributed by atoms with Gasteiger partial charge in [-0.3, -0.25) is 0 Å². The highest BCUT2D eigenvalue weighted by molar-refractivity contribution is 6.20. The second-order valence-corrected chi connectivity index (χ2v) is 7.05. The van der Waals surface area contributed by atoms with Gasteiger partial charge in [-0.05, 0) is 30.7 Å². The molecule has 0 saturated carbocycles. The molecule has 0 atom stereocenters.